The molecular formula is C29H37FN6O2. The third kappa shape index (κ3) is 5.54. The van der Waals surface area contributed by atoms with Gasteiger partial charge in [-0.15, -0.1) is 0 Å². The lowest BCUT2D eigenvalue weighted by atomic mass is 9.89. The summed E-state index contributed by atoms with van der Waals surface area (Å²) in [4.78, 5) is 25.5. The average Bonchev–Trinajstić information content (AvgIpc) is 3.58. The zero-order valence-electron chi connectivity index (χ0n) is 21.9. The summed E-state index contributed by atoms with van der Waals surface area (Å²) in [6, 6.07) is 8.86. The van der Waals surface area contributed by atoms with Crippen molar-refractivity contribution < 1.29 is 9.13 Å². The zero-order chi connectivity index (χ0) is 25.9. The first kappa shape index (κ1) is 25.2. The van der Waals surface area contributed by atoms with Gasteiger partial charge >= 0.3 is 5.69 Å². The van der Waals surface area contributed by atoms with Crippen molar-refractivity contribution in [2.45, 2.75) is 82.5 Å². The number of benzene rings is 1. The normalized spacial score (nSPS) is 24.5. The highest BCUT2D eigenvalue weighted by Crippen LogP contribution is 2.28. The molecule has 38 heavy (non-hydrogen) atoms. The topological polar surface area (TPSA) is 77.2 Å². The quantitative estimate of drug-likeness (QED) is 0.490. The highest BCUT2D eigenvalue weighted by atomic mass is 19.1. The van der Waals surface area contributed by atoms with E-state index in [2.05, 4.69) is 15.2 Å². The van der Waals surface area contributed by atoms with Crippen LogP contribution in [0, 0.1) is 5.82 Å². The van der Waals surface area contributed by atoms with E-state index in [0.29, 0.717) is 41.7 Å². The van der Waals surface area contributed by atoms with Crippen molar-refractivity contribution in [3.8, 4) is 17.1 Å². The smallest absolute Gasteiger partial charge is 0.333 e. The van der Waals surface area contributed by atoms with Gasteiger partial charge in [0.25, 0.3) is 0 Å². The number of halogens is 1. The number of hydrogen-bond acceptors (Lipinski definition) is 6. The Morgan fingerprint density at radius 2 is 1.76 bits per heavy atom. The zero-order valence-corrected chi connectivity index (χ0v) is 21.9. The maximum Gasteiger partial charge on any atom is 0.333 e. The number of ether oxygens (including phenoxy) is 1. The molecule has 0 bridgehead atoms. The number of imidazole rings is 1. The van der Waals surface area contributed by atoms with Crippen LogP contribution in [0.2, 0.25) is 0 Å². The molecule has 4 heterocycles. The average molecular weight is 521 g/mol. The van der Waals surface area contributed by atoms with Crippen LogP contribution >= 0.6 is 0 Å². The molecule has 1 atom stereocenters. The van der Waals surface area contributed by atoms with Gasteiger partial charge in [0.1, 0.15) is 5.82 Å². The summed E-state index contributed by atoms with van der Waals surface area (Å²) in [7, 11) is 0. The highest BCUT2D eigenvalue weighted by molar-refractivity contribution is 5.59. The van der Waals surface area contributed by atoms with Gasteiger partial charge in [0, 0.05) is 31.1 Å². The molecule has 0 spiro atoms. The molecule has 2 aliphatic heterocycles. The monoisotopic (exact) mass is 520 g/mol. The Labute approximate surface area is 222 Å². The lowest BCUT2D eigenvalue weighted by Gasteiger charge is -2.39. The molecule has 6 rings (SSSR count). The maximum absolute atomic E-state index is 13.7. The Morgan fingerprint density at radius 3 is 2.50 bits per heavy atom. The summed E-state index contributed by atoms with van der Waals surface area (Å²) >= 11 is 0. The molecule has 2 saturated heterocycles. The lowest BCUT2D eigenvalue weighted by Crippen LogP contribution is -2.43. The van der Waals surface area contributed by atoms with E-state index in [1.165, 1.54) is 57.3 Å². The fraction of sp³-hybridized carbons (Fsp3) is 0.552. The van der Waals surface area contributed by atoms with Gasteiger partial charge in [-0.05, 0) is 94.8 Å². The standard InChI is InChI=1S/C29H37FN6O2/c30-21-6-10-24(11-7-21)36-27(20-35(29(36)37)19-25-5-4-18-38-25)26-14-15-31-28(33-26)32-22-8-12-23(13-9-22)34-16-2-1-3-17-34/h6-7,10-11,14-15,20,22-23,25H,1-5,8-9,12-13,16-19H2,(H,31,32,33). The molecule has 0 amide bonds. The molecule has 1 aromatic carbocycles. The van der Waals surface area contributed by atoms with E-state index < -0.39 is 0 Å². The molecule has 9 heteroatoms. The van der Waals surface area contributed by atoms with E-state index in [-0.39, 0.29) is 17.6 Å². The van der Waals surface area contributed by atoms with Crippen LogP contribution in [0.4, 0.5) is 10.3 Å². The van der Waals surface area contributed by atoms with Crippen molar-refractivity contribution in [1.82, 2.24) is 24.0 Å². The van der Waals surface area contributed by atoms with Crippen LogP contribution in [0.25, 0.3) is 17.1 Å². The van der Waals surface area contributed by atoms with Gasteiger partial charge in [-0.1, -0.05) is 6.42 Å². The van der Waals surface area contributed by atoms with Gasteiger partial charge in [-0.3, -0.25) is 9.13 Å². The van der Waals surface area contributed by atoms with E-state index in [1.54, 1.807) is 27.5 Å². The van der Waals surface area contributed by atoms with Crippen LogP contribution in [0.5, 0.6) is 0 Å². The van der Waals surface area contributed by atoms with Gasteiger partial charge in [-0.25, -0.2) is 19.2 Å². The van der Waals surface area contributed by atoms with Gasteiger partial charge in [0.15, 0.2) is 0 Å². The second kappa shape index (κ2) is 11.4. The summed E-state index contributed by atoms with van der Waals surface area (Å²) < 4.78 is 22.7. The Hall–Kier alpha value is -3.04. The fourth-order valence-electron chi connectivity index (χ4n) is 6.27. The molecule has 1 unspecified atom stereocenters. The van der Waals surface area contributed by atoms with Gasteiger partial charge in [0.2, 0.25) is 5.95 Å². The SMILES string of the molecule is O=c1n(CC2CCCO2)cc(-c2ccnc(NC3CCC(N4CCCCC4)CC3)n2)n1-c1ccc(F)cc1. The number of rotatable bonds is 7. The Balaban J connectivity index is 1.22. The van der Waals surface area contributed by atoms with E-state index in [9.17, 15) is 9.18 Å². The highest BCUT2D eigenvalue weighted by Gasteiger charge is 2.27. The van der Waals surface area contributed by atoms with E-state index in [1.807, 2.05) is 12.3 Å². The van der Waals surface area contributed by atoms with Crippen LogP contribution < -0.4 is 11.0 Å². The van der Waals surface area contributed by atoms with Gasteiger partial charge in [0.05, 0.1) is 29.7 Å². The number of aromatic nitrogens is 4. The predicted octanol–water partition coefficient (Wildman–Crippen LogP) is 4.62. The van der Waals surface area contributed by atoms with Crippen molar-refractivity contribution in [2.24, 2.45) is 0 Å². The molecule has 1 saturated carbocycles. The molecule has 3 fully saturated rings. The summed E-state index contributed by atoms with van der Waals surface area (Å²) in [6.07, 6.45) is 14.2. The first-order chi connectivity index (χ1) is 18.6. The molecular weight excluding hydrogens is 483 g/mol. The van der Waals surface area contributed by atoms with Crippen molar-refractivity contribution in [1.29, 1.82) is 0 Å². The molecule has 2 aromatic heterocycles. The second-order valence-corrected chi connectivity index (χ2v) is 10.9. The first-order valence-corrected chi connectivity index (χ1v) is 14.2. The fourth-order valence-corrected chi connectivity index (χ4v) is 6.27. The molecule has 8 nitrogen and oxygen atoms in total. The van der Waals surface area contributed by atoms with Crippen molar-refractivity contribution in [3.63, 3.8) is 0 Å². The third-order valence-corrected chi connectivity index (χ3v) is 8.32. The van der Waals surface area contributed by atoms with Gasteiger partial charge < -0.3 is 15.0 Å². The third-order valence-electron chi connectivity index (χ3n) is 8.32. The van der Waals surface area contributed by atoms with Crippen LogP contribution in [0.3, 0.4) is 0 Å². The first-order valence-electron chi connectivity index (χ1n) is 14.2. The molecule has 1 N–H and O–H groups in total. The number of nitrogens with one attached hydrogen (secondary N) is 1. The van der Waals surface area contributed by atoms with E-state index in [4.69, 9.17) is 9.72 Å². The van der Waals surface area contributed by atoms with Crippen molar-refractivity contribution >= 4 is 5.95 Å². The largest absolute Gasteiger partial charge is 0.376 e. The van der Waals surface area contributed by atoms with E-state index >= 15 is 0 Å². The van der Waals surface area contributed by atoms with Crippen LogP contribution in [-0.2, 0) is 11.3 Å². The van der Waals surface area contributed by atoms with Crippen LogP contribution in [0.15, 0.2) is 47.5 Å². The number of hydrogen-bond donors (Lipinski definition) is 1. The molecule has 3 aliphatic rings. The molecule has 3 aromatic rings. The van der Waals surface area contributed by atoms with Crippen molar-refractivity contribution in [3.05, 3.63) is 59.0 Å². The summed E-state index contributed by atoms with van der Waals surface area (Å²) in [5, 5.41) is 3.56. The summed E-state index contributed by atoms with van der Waals surface area (Å²) in [6.45, 7) is 3.70. The Kier molecular flexibility index (Phi) is 7.56. The minimum absolute atomic E-state index is 0.0207. The van der Waals surface area contributed by atoms with Crippen molar-refractivity contribution in [2.75, 3.05) is 25.0 Å². The minimum atomic E-state index is -0.342. The predicted molar refractivity (Wildman–Crippen MR) is 145 cm³/mol. The number of nitrogens with zero attached hydrogens (tertiary/aromatic N) is 5. The summed E-state index contributed by atoms with van der Waals surface area (Å²) in [5.41, 5.74) is 1.71. The summed E-state index contributed by atoms with van der Waals surface area (Å²) in [5.74, 6) is 0.236. The minimum Gasteiger partial charge on any atom is -0.376 e. The Morgan fingerprint density at radius 1 is 0.974 bits per heavy atom. The lowest BCUT2D eigenvalue weighted by molar-refractivity contribution is 0.0961. The maximum atomic E-state index is 13.7. The molecule has 0 radical (unpaired) electrons. The van der Waals surface area contributed by atoms with Gasteiger partial charge in [-0.2, -0.15) is 0 Å². The Bertz CT molecular complexity index is 1270. The van der Waals surface area contributed by atoms with Crippen LogP contribution in [-0.4, -0.2) is 61.9 Å². The molecule has 1 aliphatic carbocycles. The number of anilines is 1. The molecule has 202 valence electrons. The van der Waals surface area contributed by atoms with E-state index in [0.717, 1.165) is 32.3 Å². The van der Waals surface area contributed by atoms with Crippen LogP contribution in [0.1, 0.15) is 57.8 Å². The second-order valence-electron chi connectivity index (χ2n) is 10.9. The number of likely N-dealkylation sites (tertiary alicyclic amines) is 1. The number of piperidine rings is 1.